The van der Waals surface area contributed by atoms with Crippen molar-refractivity contribution >= 4 is 23.7 Å². The molecule has 0 aliphatic rings. The zero-order valence-electron chi connectivity index (χ0n) is 9.93. The summed E-state index contributed by atoms with van der Waals surface area (Å²) in [4.78, 5) is 15.8. The van der Waals surface area contributed by atoms with Gasteiger partial charge in [-0.2, -0.15) is 4.98 Å². The van der Waals surface area contributed by atoms with E-state index < -0.39 is 0 Å². The van der Waals surface area contributed by atoms with E-state index in [2.05, 4.69) is 21.0 Å². The van der Waals surface area contributed by atoms with Crippen molar-refractivity contribution in [3.63, 3.8) is 0 Å². The van der Waals surface area contributed by atoms with Gasteiger partial charge in [0, 0.05) is 11.8 Å². The highest BCUT2D eigenvalue weighted by molar-refractivity contribution is 7.99. The number of nitrogens with zero attached hydrogens (tertiary/aromatic N) is 2. The van der Waals surface area contributed by atoms with Gasteiger partial charge in [0.05, 0.1) is 0 Å². The Hall–Kier alpha value is -2.02. The van der Waals surface area contributed by atoms with Crippen LogP contribution in [-0.4, -0.2) is 16.0 Å². The molecule has 1 heterocycles. The molecule has 2 aromatic rings. The van der Waals surface area contributed by atoms with E-state index in [4.69, 9.17) is 4.52 Å². The van der Waals surface area contributed by atoms with Crippen molar-refractivity contribution in [3.05, 3.63) is 29.8 Å². The molecule has 7 heteroatoms. The van der Waals surface area contributed by atoms with Gasteiger partial charge in [-0.15, -0.1) is 0 Å². The third-order valence-corrected chi connectivity index (χ3v) is 2.84. The molecule has 2 N–H and O–H groups in total. The maximum atomic E-state index is 10.7. The first kappa shape index (κ1) is 12.4. The van der Waals surface area contributed by atoms with Crippen LogP contribution in [0.4, 0.5) is 6.01 Å². The molecule has 1 amide bonds. The maximum Gasteiger partial charge on any atom is 0.340 e. The number of carbonyl (C=O) groups excluding carboxylic acids is 1. The first-order valence-corrected chi connectivity index (χ1v) is 6.06. The van der Waals surface area contributed by atoms with Crippen LogP contribution in [0.2, 0.25) is 0 Å². The molecule has 0 aliphatic carbocycles. The van der Waals surface area contributed by atoms with E-state index in [9.17, 15) is 4.79 Å². The van der Waals surface area contributed by atoms with Crippen molar-refractivity contribution in [1.29, 1.82) is 0 Å². The molecule has 0 aliphatic heterocycles. The lowest BCUT2D eigenvalue weighted by atomic mass is 10.2. The van der Waals surface area contributed by atoms with Gasteiger partial charge in [-0.3, -0.25) is 10.2 Å². The first-order valence-electron chi connectivity index (χ1n) is 5.24. The molecule has 94 valence electrons. The molecular weight excluding hydrogens is 252 g/mol. The molecule has 0 saturated carbocycles. The first-order chi connectivity index (χ1) is 8.63. The number of aryl methyl sites for hydroxylation is 1. The summed E-state index contributed by atoms with van der Waals surface area (Å²) >= 11 is 1.38. The number of rotatable bonds is 4. The fourth-order valence-corrected chi connectivity index (χ4v) is 1.84. The Morgan fingerprint density at radius 3 is 2.72 bits per heavy atom. The van der Waals surface area contributed by atoms with E-state index in [1.807, 2.05) is 31.2 Å². The second-order valence-electron chi connectivity index (χ2n) is 3.60. The van der Waals surface area contributed by atoms with Gasteiger partial charge < -0.3 is 4.52 Å². The molecule has 0 bridgehead atoms. The Morgan fingerprint density at radius 2 is 2.06 bits per heavy atom. The smallest absolute Gasteiger partial charge is 0.313 e. The predicted molar refractivity (Wildman–Crippen MR) is 67.0 cm³/mol. The Bertz CT molecular complexity index is 538. The molecule has 0 fully saturated rings. The number of hydrogen-bond donors (Lipinski definition) is 2. The summed E-state index contributed by atoms with van der Waals surface area (Å²) < 4.78 is 4.90. The highest BCUT2D eigenvalue weighted by atomic mass is 32.2. The standard InChI is InChI=1S/C11H12N4O2S/c1-7-3-5-9(6-4-7)18-11-12-10(17-15-11)14-13-8(2)16/h3-6H,1-2H3,(H,13,16)(H,12,14,15). The van der Waals surface area contributed by atoms with Gasteiger partial charge >= 0.3 is 6.01 Å². The molecule has 0 spiro atoms. The van der Waals surface area contributed by atoms with E-state index in [1.54, 1.807) is 0 Å². The van der Waals surface area contributed by atoms with Gasteiger partial charge in [-0.1, -0.05) is 17.7 Å². The fraction of sp³-hybridized carbons (Fsp3) is 0.182. The summed E-state index contributed by atoms with van der Waals surface area (Å²) in [6, 6.07) is 8.14. The van der Waals surface area contributed by atoms with Gasteiger partial charge in [-0.25, -0.2) is 5.43 Å². The lowest BCUT2D eigenvalue weighted by Gasteiger charge is -1.98. The summed E-state index contributed by atoms with van der Waals surface area (Å²) in [5, 5.41) is 4.25. The largest absolute Gasteiger partial charge is 0.340 e. The van der Waals surface area contributed by atoms with Gasteiger partial charge in [0.2, 0.25) is 11.1 Å². The summed E-state index contributed by atoms with van der Waals surface area (Å²) in [6.45, 7) is 3.41. The maximum absolute atomic E-state index is 10.7. The van der Waals surface area contributed by atoms with Crippen molar-refractivity contribution in [2.45, 2.75) is 23.9 Å². The fourth-order valence-electron chi connectivity index (χ4n) is 1.16. The average Bonchev–Trinajstić information content (AvgIpc) is 2.77. The van der Waals surface area contributed by atoms with E-state index in [-0.39, 0.29) is 11.9 Å². The molecular formula is C11H12N4O2S. The number of amides is 1. The minimum atomic E-state index is -0.235. The quantitative estimate of drug-likeness (QED) is 0.822. The monoisotopic (exact) mass is 264 g/mol. The number of aromatic nitrogens is 2. The molecule has 0 atom stereocenters. The number of benzene rings is 1. The lowest BCUT2D eigenvalue weighted by molar-refractivity contribution is -0.118. The molecule has 0 unspecified atom stereocenters. The van der Waals surface area contributed by atoms with Gasteiger partial charge in [0.1, 0.15) is 0 Å². The van der Waals surface area contributed by atoms with Crippen LogP contribution >= 0.6 is 11.8 Å². The normalized spacial score (nSPS) is 10.1. The number of hydrazine groups is 1. The highest BCUT2D eigenvalue weighted by Crippen LogP contribution is 2.25. The van der Waals surface area contributed by atoms with Crippen molar-refractivity contribution < 1.29 is 9.32 Å². The van der Waals surface area contributed by atoms with Crippen LogP contribution in [0.25, 0.3) is 0 Å². The van der Waals surface area contributed by atoms with Crippen LogP contribution in [0, 0.1) is 6.92 Å². The van der Waals surface area contributed by atoms with Gasteiger partial charge in [0.15, 0.2) is 0 Å². The van der Waals surface area contributed by atoms with Crippen molar-refractivity contribution in [3.8, 4) is 0 Å². The van der Waals surface area contributed by atoms with Crippen LogP contribution < -0.4 is 10.9 Å². The Balaban J connectivity index is 1.97. The van der Waals surface area contributed by atoms with Gasteiger partial charge in [0.25, 0.3) is 0 Å². The molecule has 18 heavy (non-hydrogen) atoms. The van der Waals surface area contributed by atoms with Crippen molar-refractivity contribution in [2.24, 2.45) is 0 Å². The van der Waals surface area contributed by atoms with E-state index in [0.717, 1.165) is 4.90 Å². The molecule has 2 rings (SSSR count). The topological polar surface area (TPSA) is 80.0 Å². The highest BCUT2D eigenvalue weighted by Gasteiger charge is 2.07. The molecule has 0 saturated heterocycles. The second kappa shape index (κ2) is 5.54. The summed E-state index contributed by atoms with van der Waals surface area (Å²) in [6.07, 6.45) is 0. The zero-order valence-corrected chi connectivity index (χ0v) is 10.7. The molecule has 1 aromatic heterocycles. The predicted octanol–water partition coefficient (Wildman–Crippen LogP) is 1.99. The lowest BCUT2D eigenvalue weighted by Crippen LogP contribution is -2.26. The minimum Gasteiger partial charge on any atom is -0.313 e. The van der Waals surface area contributed by atoms with Crippen molar-refractivity contribution in [2.75, 3.05) is 5.43 Å². The van der Waals surface area contributed by atoms with Crippen LogP contribution in [0.15, 0.2) is 38.8 Å². The third-order valence-electron chi connectivity index (χ3n) is 1.98. The summed E-state index contributed by atoms with van der Waals surface area (Å²) in [5.41, 5.74) is 6.05. The van der Waals surface area contributed by atoms with Crippen LogP contribution in [0.3, 0.4) is 0 Å². The SMILES string of the molecule is CC(=O)NNc1nc(Sc2ccc(C)cc2)no1. The Labute approximate surface area is 108 Å². The van der Waals surface area contributed by atoms with E-state index >= 15 is 0 Å². The summed E-state index contributed by atoms with van der Waals surface area (Å²) in [7, 11) is 0. The van der Waals surface area contributed by atoms with Crippen LogP contribution in [0.1, 0.15) is 12.5 Å². The number of nitrogens with one attached hydrogen (secondary N) is 2. The van der Waals surface area contributed by atoms with E-state index in [0.29, 0.717) is 5.16 Å². The van der Waals surface area contributed by atoms with E-state index in [1.165, 1.54) is 24.2 Å². The van der Waals surface area contributed by atoms with Gasteiger partial charge in [-0.05, 0) is 36.0 Å². The Morgan fingerprint density at radius 1 is 1.33 bits per heavy atom. The summed E-state index contributed by atoms with van der Waals surface area (Å²) in [5.74, 6) is -0.235. The van der Waals surface area contributed by atoms with Crippen LogP contribution in [0.5, 0.6) is 0 Å². The Kier molecular flexibility index (Phi) is 3.83. The third kappa shape index (κ3) is 3.49. The average molecular weight is 264 g/mol. The molecule has 1 aromatic carbocycles. The minimum absolute atomic E-state index is 0.153. The van der Waals surface area contributed by atoms with Crippen LogP contribution in [-0.2, 0) is 4.79 Å². The van der Waals surface area contributed by atoms with Crippen molar-refractivity contribution in [1.82, 2.24) is 15.6 Å². The zero-order chi connectivity index (χ0) is 13.0. The molecule has 6 nitrogen and oxygen atoms in total. The number of carbonyl (C=O) groups is 1. The second-order valence-corrected chi connectivity index (χ2v) is 4.64. The molecule has 0 radical (unpaired) electrons. The number of hydrogen-bond acceptors (Lipinski definition) is 6. The number of anilines is 1.